The molecule has 5 heteroatoms. The van der Waals surface area contributed by atoms with Gasteiger partial charge in [0.1, 0.15) is 11.6 Å². The van der Waals surface area contributed by atoms with Gasteiger partial charge in [0, 0.05) is 16.8 Å². The molecule has 1 aromatic heterocycles. The molecule has 4 nitrogen and oxygen atoms in total. The molecule has 1 heterocycles. The topological polar surface area (TPSA) is 42.4 Å². The van der Waals surface area contributed by atoms with Crippen molar-refractivity contribution in [3.63, 3.8) is 0 Å². The highest BCUT2D eigenvalue weighted by atomic mass is 35.5. The lowest BCUT2D eigenvalue weighted by molar-refractivity contribution is 0.0984. The van der Waals surface area contributed by atoms with Crippen molar-refractivity contribution >= 4 is 23.3 Å². The van der Waals surface area contributed by atoms with Gasteiger partial charge in [0.15, 0.2) is 0 Å². The fraction of sp³-hybridized carbons (Fsp3) is 0.182. The van der Waals surface area contributed by atoms with Crippen molar-refractivity contribution < 1.29 is 9.53 Å². The summed E-state index contributed by atoms with van der Waals surface area (Å²) in [7, 11) is 0. The first-order valence-electron chi connectivity index (χ1n) is 8.88. The third kappa shape index (κ3) is 4.86. The van der Waals surface area contributed by atoms with Gasteiger partial charge in [-0.05, 0) is 54.4 Å². The molecule has 0 fully saturated rings. The zero-order chi connectivity index (χ0) is 19.1. The molecule has 0 aliphatic carbocycles. The third-order valence-corrected chi connectivity index (χ3v) is 4.40. The highest BCUT2D eigenvalue weighted by molar-refractivity contribution is 6.31. The molecule has 0 N–H and O–H groups in total. The number of amides is 1. The first-order chi connectivity index (χ1) is 13.2. The second-order valence-corrected chi connectivity index (χ2v) is 6.45. The Hall–Kier alpha value is -2.85. The van der Waals surface area contributed by atoms with Crippen molar-refractivity contribution in [1.29, 1.82) is 0 Å². The summed E-state index contributed by atoms with van der Waals surface area (Å²) in [5.41, 5.74) is 1.43. The predicted octanol–water partition coefficient (Wildman–Crippen LogP) is 5.37. The summed E-state index contributed by atoms with van der Waals surface area (Å²) < 4.78 is 5.59. The van der Waals surface area contributed by atoms with Crippen LogP contribution < -0.4 is 9.64 Å². The van der Waals surface area contributed by atoms with Crippen molar-refractivity contribution in [2.75, 3.05) is 11.5 Å². The van der Waals surface area contributed by atoms with E-state index >= 15 is 0 Å². The number of halogens is 1. The van der Waals surface area contributed by atoms with Gasteiger partial charge in [-0.2, -0.15) is 0 Å². The molecule has 0 radical (unpaired) electrons. The van der Waals surface area contributed by atoms with Crippen LogP contribution in [0.15, 0.2) is 72.9 Å². The molecule has 0 bridgehead atoms. The predicted molar refractivity (Wildman–Crippen MR) is 108 cm³/mol. The second-order valence-electron chi connectivity index (χ2n) is 6.04. The van der Waals surface area contributed by atoms with Gasteiger partial charge >= 0.3 is 0 Å². The van der Waals surface area contributed by atoms with Gasteiger partial charge in [-0.1, -0.05) is 42.8 Å². The number of benzene rings is 2. The van der Waals surface area contributed by atoms with Gasteiger partial charge < -0.3 is 4.74 Å². The third-order valence-electron chi connectivity index (χ3n) is 4.03. The zero-order valence-corrected chi connectivity index (χ0v) is 15.9. The van der Waals surface area contributed by atoms with Gasteiger partial charge in [0.05, 0.1) is 13.2 Å². The van der Waals surface area contributed by atoms with Crippen LogP contribution in [-0.4, -0.2) is 17.5 Å². The van der Waals surface area contributed by atoms with Gasteiger partial charge in [0.2, 0.25) is 0 Å². The van der Waals surface area contributed by atoms with E-state index in [4.69, 9.17) is 16.3 Å². The average molecular weight is 381 g/mol. The molecule has 0 atom stereocenters. The summed E-state index contributed by atoms with van der Waals surface area (Å²) in [5, 5.41) is 0.620. The molecule has 27 heavy (non-hydrogen) atoms. The average Bonchev–Trinajstić information content (AvgIpc) is 2.72. The van der Waals surface area contributed by atoms with Gasteiger partial charge in [-0.3, -0.25) is 9.69 Å². The second kappa shape index (κ2) is 9.19. The lowest BCUT2D eigenvalue weighted by Gasteiger charge is -2.22. The van der Waals surface area contributed by atoms with E-state index in [2.05, 4.69) is 11.9 Å². The van der Waals surface area contributed by atoms with Crippen molar-refractivity contribution in [3.05, 3.63) is 89.1 Å². The number of ether oxygens (including phenoxy) is 1. The molecule has 0 aliphatic heterocycles. The maximum Gasteiger partial charge on any atom is 0.259 e. The Morgan fingerprint density at radius 1 is 1.04 bits per heavy atom. The molecular weight excluding hydrogens is 360 g/mol. The lowest BCUT2D eigenvalue weighted by Crippen LogP contribution is -2.31. The molecule has 138 valence electrons. The monoisotopic (exact) mass is 380 g/mol. The molecule has 0 saturated heterocycles. The Morgan fingerprint density at radius 3 is 2.44 bits per heavy atom. The van der Waals surface area contributed by atoms with Gasteiger partial charge in [-0.25, -0.2) is 4.98 Å². The van der Waals surface area contributed by atoms with Crippen LogP contribution in [0.4, 0.5) is 5.82 Å². The SMILES string of the molecule is CCCOc1ccc(C(=O)N(Cc2ccccc2Cl)c2ccccn2)cc1. The Morgan fingerprint density at radius 2 is 1.78 bits per heavy atom. The summed E-state index contributed by atoms with van der Waals surface area (Å²) in [5.74, 6) is 1.19. The molecule has 0 unspecified atom stereocenters. The molecule has 3 rings (SSSR count). The van der Waals surface area contributed by atoms with E-state index in [0.717, 1.165) is 17.7 Å². The van der Waals surface area contributed by atoms with Crippen molar-refractivity contribution in [3.8, 4) is 5.75 Å². The normalized spacial score (nSPS) is 10.4. The van der Waals surface area contributed by atoms with Gasteiger partial charge in [0.25, 0.3) is 5.91 Å². The largest absolute Gasteiger partial charge is 0.494 e. The minimum Gasteiger partial charge on any atom is -0.494 e. The van der Waals surface area contributed by atoms with E-state index in [-0.39, 0.29) is 5.91 Å². The molecule has 0 spiro atoms. The lowest BCUT2D eigenvalue weighted by atomic mass is 10.1. The van der Waals surface area contributed by atoms with Crippen molar-refractivity contribution in [2.24, 2.45) is 0 Å². The number of carbonyl (C=O) groups excluding carboxylic acids is 1. The molecule has 2 aromatic carbocycles. The van der Waals surface area contributed by atoms with Crippen LogP contribution in [0.2, 0.25) is 5.02 Å². The van der Waals surface area contributed by atoms with Crippen LogP contribution in [0, 0.1) is 0 Å². The van der Waals surface area contributed by atoms with Crippen LogP contribution in [-0.2, 0) is 6.54 Å². The number of hydrogen-bond donors (Lipinski definition) is 0. The maximum atomic E-state index is 13.2. The summed E-state index contributed by atoms with van der Waals surface area (Å²) in [6, 6.07) is 20.2. The molecule has 1 amide bonds. The fourth-order valence-corrected chi connectivity index (χ4v) is 2.83. The number of hydrogen-bond acceptors (Lipinski definition) is 3. The molecule has 0 saturated carbocycles. The highest BCUT2D eigenvalue weighted by Gasteiger charge is 2.20. The van der Waals surface area contributed by atoms with Crippen LogP contribution in [0.5, 0.6) is 5.75 Å². The Balaban J connectivity index is 1.88. The number of nitrogens with zero attached hydrogens (tertiary/aromatic N) is 2. The summed E-state index contributed by atoms with van der Waals surface area (Å²) in [6.45, 7) is 3.04. The van der Waals surface area contributed by atoms with Crippen molar-refractivity contribution in [2.45, 2.75) is 19.9 Å². The summed E-state index contributed by atoms with van der Waals surface area (Å²) in [6.07, 6.45) is 2.61. The van der Waals surface area contributed by atoms with Crippen LogP contribution in [0.25, 0.3) is 0 Å². The Kier molecular flexibility index (Phi) is 6.44. The van der Waals surface area contributed by atoms with Gasteiger partial charge in [-0.15, -0.1) is 0 Å². The van der Waals surface area contributed by atoms with E-state index in [1.54, 1.807) is 23.2 Å². The van der Waals surface area contributed by atoms with E-state index in [0.29, 0.717) is 29.6 Å². The van der Waals surface area contributed by atoms with Crippen LogP contribution in [0.3, 0.4) is 0 Å². The van der Waals surface area contributed by atoms with E-state index in [1.165, 1.54) is 0 Å². The zero-order valence-electron chi connectivity index (χ0n) is 15.1. The van der Waals surface area contributed by atoms with E-state index < -0.39 is 0 Å². The highest BCUT2D eigenvalue weighted by Crippen LogP contribution is 2.23. The number of carbonyl (C=O) groups is 1. The number of rotatable bonds is 7. The Labute approximate surface area is 164 Å². The Bertz CT molecular complexity index is 882. The minimum atomic E-state index is -0.143. The number of aromatic nitrogens is 1. The number of anilines is 1. The minimum absolute atomic E-state index is 0.143. The maximum absolute atomic E-state index is 13.2. The van der Waals surface area contributed by atoms with Crippen LogP contribution >= 0.6 is 11.6 Å². The fourth-order valence-electron chi connectivity index (χ4n) is 2.64. The first kappa shape index (κ1) is 18.9. The van der Waals surface area contributed by atoms with Crippen LogP contribution in [0.1, 0.15) is 29.3 Å². The van der Waals surface area contributed by atoms with Crippen molar-refractivity contribution in [1.82, 2.24) is 4.98 Å². The molecular formula is C22H21ClN2O2. The quantitative estimate of drug-likeness (QED) is 0.553. The standard InChI is InChI=1S/C22H21ClN2O2/c1-2-15-27-19-12-10-17(11-13-19)22(26)25(21-9-5-6-14-24-21)16-18-7-3-4-8-20(18)23/h3-14H,2,15-16H2,1H3. The molecule has 3 aromatic rings. The number of pyridine rings is 1. The van der Waals surface area contributed by atoms with E-state index in [1.807, 2.05) is 54.6 Å². The smallest absolute Gasteiger partial charge is 0.259 e. The van der Waals surface area contributed by atoms with E-state index in [9.17, 15) is 4.79 Å². The summed E-state index contributed by atoms with van der Waals surface area (Å²) >= 11 is 6.30. The summed E-state index contributed by atoms with van der Waals surface area (Å²) in [4.78, 5) is 19.2. The first-order valence-corrected chi connectivity index (χ1v) is 9.26. The molecule has 0 aliphatic rings.